The molecule has 1 amide bonds. The van der Waals surface area contributed by atoms with E-state index in [0.717, 1.165) is 6.08 Å². The van der Waals surface area contributed by atoms with Crippen LogP contribution in [0.15, 0.2) is 18.7 Å². The largest absolute Gasteiger partial charge is 0.291 e. The monoisotopic (exact) mass is 197 g/mol. The molecule has 1 rings (SSSR count). The summed E-state index contributed by atoms with van der Waals surface area (Å²) in [5.41, 5.74) is 0.694. The molecule has 1 aromatic heterocycles. The minimum absolute atomic E-state index is 0.190. The van der Waals surface area contributed by atoms with E-state index in [1.165, 1.54) is 0 Å². The van der Waals surface area contributed by atoms with Gasteiger partial charge in [-0.2, -0.15) is 0 Å². The van der Waals surface area contributed by atoms with Crippen molar-refractivity contribution in [2.75, 3.05) is 5.32 Å². The first kappa shape index (κ1) is 9.67. The van der Waals surface area contributed by atoms with Gasteiger partial charge in [-0.25, -0.2) is 9.97 Å². The number of nitrogens with zero attached hydrogens (tertiary/aromatic N) is 2. The Morgan fingerprint density at radius 3 is 2.92 bits per heavy atom. The number of rotatable bonds is 2. The van der Waals surface area contributed by atoms with Crippen molar-refractivity contribution in [3.05, 3.63) is 29.6 Å². The number of aryl methyl sites for hydroxylation is 1. The van der Waals surface area contributed by atoms with E-state index in [0.29, 0.717) is 10.8 Å². The Bertz CT molecular complexity index is 331. The molecule has 0 aliphatic carbocycles. The van der Waals surface area contributed by atoms with E-state index in [1.807, 2.05) is 0 Å². The average molecular weight is 198 g/mol. The zero-order chi connectivity index (χ0) is 9.84. The summed E-state index contributed by atoms with van der Waals surface area (Å²) in [7, 11) is 0. The van der Waals surface area contributed by atoms with Gasteiger partial charge in [0.05, 0.1) is 0 Å². The van der Waals surface area contributed by atoms with Gasteiger partial charge in [-0.3, -0.25) is 10.1 Å². The smallest absolute Gasteiger partial charge is 0.250 e. The summed E-state index contributed by atoms with van der Waals surface area (Å²) >= 11 is 5.65. The molecule has 0 aliphatic heterocycles. The summed E-state index contributed by atoms with van der Waals surface area (Å²) in [6.45, 7) is 5.06. The fourth-order valence-corrected chi connectivity index (χ4v) is 0.985. The van der Waals surface area contributed by atoms with Crippen LogP contribution >= 0.6 is 11.6 Å². The number of anilines is 1. The summed E-state index contributed by atoms with van der Waals surface area (Å²) in [5, 5.41) is 2.71. The lowest BCUT2D eigenvalue weighted by Crippen LogP contribution is -2.10. The van der Waals surface area contributed by atoms with Crippen molar-refractivity contribution in [2.45, 2.75) is 6.92 Å². The predicted octanol–water partition coefficient (Wildman–Crippen LogP) is 1.56. The highest BCUT2D eigenvalue weighted by Gasteiger charge is 2.02. The minimum atomic E-state index is -0.360. The lowest BCUT2D eigenvalue weighted by atomic mass is 10.4. The van der Waals surface area contributed by atoms with Gasteiger partial charge in [0.15, 0.2) is 0 Å². The maximum absolute atomic E-state index is 10.9. The molecule has 0 fully saturated rings. The topological polar surface area (TPSA) is 54.9 Å². The van der Waals surface area contributed by atoms with E-state index in [-0.39, 0.29) is 11.9 Å². The van der Waals surface area contributed by atoms with Crippen LogP contribution in [0.5, 0.6) is 0 Å². The number of nitrogens with one attached hydrogen (secondary N) is 1. The summed E-state index contributed by atoms with van der Waals surface area (Å²) < 4.78 is 0. The molecular weight excluding hydrogens is 190 g/mol. The quantitative estimate of drug-likeness (QED) is 0.578. The molecule has 13 heavy (non-hydrogen) atoms. The molecule has 0 aliphatic rings. The Labute approximate surface area is 80.7 Å². The van der Waals surface area contributed by atoms with Gasteiger partial charge < -0.3 is 0 Å². The van der Waals surface area contributed by atoms with Gasteiger partial charge >= 0.3 is 0 Å². The van der Waals surface area contributed by atoms with Crippen LogP contribution < -0.4 is 5.32 Å². The van der Waals surface area contributed by atoms with E-state index in [1.54, 1.807) is 13.0 Å². The third-order valence-electron chi connectivity index (χ3n) is 1.24. The van der Waals surface area contributed by atoms with Crippen LogP contribution in [-0.4, -0.2) is 15.9 Å². The van der Waals surface area contributed by atoms with Crippen molar-refractivity contribution < 1.29 is 4.79 Å². The SMILES string of the molecule is C=CC(=O)Nc1nc(C)cc(Cl)n1. The van der Waals surface area contributed by atoms with Crippen LogP contribution in [0.1, 0.15) is 5.69 Å². The summed E-state index contributed by atoms with van der Waals surface area (Å²) in [4.78, 5) is 18.6. The Kier molecular flexibility index (Phi) is 2.97. The molecular formula is C8H8ClN3O. The molecule has 0 saturated heterocycles. The molecule has 1 N–H and O–H groups in total. The molecule has 0 aromatic carbocycles. The second kappa shape index (κ2) is 4.00. The van der Waals surface area contributed by atoms with Gasteiger partial charge in [0.1, 0.15) is 5.15 Å². The van der Waals surface area contributed by atoms with Crippen molar-refractivity contribution in [1.82, 2.24) is 9.97 Å². The van der Waals surface area contributed by atoms with E-state index in [2.05, 4.69) is 21.9 Å². The highest BCUT2D eigenvalue weighted by Crippen LogP contribution is 2.09. The van der Waals surface area contributed by atoms with Gasteiger partial charge in [-0.15, -0.1) is 0 Å². The molecule has 1 heterocycles. The molecule has 0 bridgehead atoms. The molecule has 0 unspecified atom stereocenters. The minimum Gasteiger partial charge on any atom is -0.291 e. The van der Waals surface area contributed by atoms with Gasteiger partial charge in [0.2, 0.25) is 11.9 Å². The highest BCUT2D eigenvalue weighted by atomic mass is 35.5. The van der Waals surface area contributed by atoms with Crippen molar-refractivity contribution in [3.8, 4) is 0 Å². The number of hydrogen-bond donors (Lipinski definition) is 1. The third-order valence-corrected chi connectivity index (χ3v) is 1.44. The molecule has 5 heteroatoms. The number of carbonyl (C=O) groups is 1. The second-order valence-corrected chi connectivity index (χ2v) is 2.74. The fourth-order valence-electron chi connectivity index (χ4n) is 0.747. The zero-order valence-electron chi connectivity index (χ0n) is 7.04. The Morgan fingerprint density at radius 1 is 1.69 bits per heavy atom. The third kappa shape index (κ3) is 2.83. The van der Waals surface area contributed by atoms with Crippen LogP contribution in [-0.2, 0) is 4.79 Å². The average Bonchev–Trinajstić information content (AvgIpc) is 2.02. The van der Waals surface area contributed by atoms with Crippen LogP contribution in [0.2, 0.25) is 5.15 Å². The van der Waals surface area contributed by atoms with E-state index >= 15 is 0 Å². The molecule has 0 radical (unpaired) electrons. The van der Waals surface area contributed by atoms with Crippen molar-refractivity contribution in [3.63, 3.8) is 0 Å². The van der Waals surface area contributed by atoms with Crippen LogP contribution in [0, 0.1) is 6.92 Å². The normalized spacial score (nSPS) is 9.38. The number of aromatic nitrogens is 2. The van der Waals surface area contributed by atoms with Gasteiger partial charge in [0, 0.05) is 5.69 Å². The maximum Gasteiger partial charge on any atom is 0.250 e. The predicted molar refractivity (Wildman–Crippen MR) is 50.6 cm³/mol. The number of carbonyl (C=O) groups excluding carboxylic acids is 1. The van der Waals surface area contributed by atoms with Gasteiger partial charge in [-0.1, -0.05) is 18.2 Å². The first-order valence-corrected chi connectivity index (χ1v) is 3.94. The van der Waals surface area contributed by atoms with Crippen LogP contribution in [0.25, 0.3) is 0 Å². The van der Waals surface area contributed by atoms with Crippen molar-refractivity contribution in [1.29, 1.82) is 0 Å². The molecule has 0 spiro atoms. The van der Waals surface area contributed by atoms with Gasteiger partial charge in [-0.05, 0) is 19.1 Å². The zero-order valence-corrected chi connectivity index (χ0v) is 7.80. The Balaban J connectivity index is 2.89. The van der Waals surface area contributed by atoms with E-state index in [4.69, 9.17) is 11.6 Å². The molecule has 1 aromatic rings. The fraction of sp³-hybridized carbons (Fsp3) is 0.125. The van der Waals surface area contributed by atoms with Crippen LogP contribution in [0.3, 0.4) is 0 Å². The number of amides is 1. The lowest BCUT2D eigenvalue weighted by molar-refractivity contribution is -0.111. The molecule has 0 saturated carbocycles. The Hall–Kier alpha value is -1.42. The lowest BCUT2D eigenvalue weighted by Gasteiger charge is -2.01. The highest BCUT2D eigenvalue weighted by molar-refractivity contribution is 6.29. The molecule has 4 nitrogen and oxygen atoms in total. The van der Waals surface area contributed by atoms with Crippen molar-refractivity contribution in [2.24, 2.45) is 0 Å². The second-order valence-electron chi connectivity index (χ2n) is 2.35. The first-order valence-electron chi connectivity index (χ1n) is 3.56. The summed E-state index contributed by atoms with van der Waals surface area (Å²) in [6.07, 6.45) is 1.14. The number of hydrogen-bond acceptors (Lipinski definition) is 3. The Morgan fingerprint density at radius 2 is 2.38 bits per heavy atom. The van der Waals surface area contributed by atoms with E-state index in [9.17, 15) is 4.79 Å². The molecule has 68 valence electrons. The first-order chi connectivity index (χ1) is 6.11. The standard InChI is InChI=1S/C8H8ClN3O/c1-3-7(13)12-8-10-5(2)4-6(9)11-8/h3-4H,1H2,2H3,(H,10,11,12,13). The molecule has 0 atom stereocenters. The number of halogens is 1. The maximum atomic E-state index is 10.9. The van der Waals surface area contributed by atoms with Gasteiger partial charge in [0.25, 0.3) is 0 Å². The summed E-state index contributed by atoms with van der Waals surface area (Å²) in [6, 6.07) is 1.60. The van der Waals surface area contributed by atoms with Crippen LogP contribution in [0.4, 0.5) is 5.95 Å². The van der Waals surface area contributed by atoms with Crippen molar-refractivity contribution >= 4 is 23.5 Å². The van der Waals surface area contributed by atoms with E-state index < -0.39 is 0 Å². The summed E-state index contributed by atoms with van der Waals surface area (Å²) in [5.74, 6) is -0.170.